The molecule has 0 spiro atoms. The lowest BCUT2D eigenvalue weighted by Gasteiger charge is -2.22. The van der Waals surface area contributed by atoms with E-state index in [0.717, 1.165) is 16.7 Å². The quantitative estimate of drug-likeness (QED) is 0.807. The maximum Gasteiger partial charge on any atom is 0.218 e. The summed E-state index contributed by atoms with van der Waals surface area (Å²) in [5.74, 6) is 0.0223. The van der Waals surface area contributed by atoms with Gasteiger partial charge in [-0.15, -0.1) is 0 Å². The van der Waals surface area contributed by atoms with E-state index in [1.54, 1.807) is 0 Å². The Bertz CT molecular complexity index is 715. The third-order valence-electron chi connectivity index (χ3n) is 3.86. The number of nitrogens with two attached hydrogens (primary N) is 1. The second kappa shape index (κ2) is 8.24. The molecule has 2 aromatic carbocycles. The van der Waals surface area contributed by atoms with E-state index in [1.165, 1.54) is 4.31 Å². The van der Waals surface area contributed by atoms with Crippen LogP contribution in [0.3, 0.4) is 0 Å². The topological polar surface area (TPSA) is 63.4 Å². The van der Waals surface area contributed by atoms with Crippen LogP contribution in [0.5, 0.6) is 0 Å². The van der Waals surface area contributed by atoms with E-state index >= 15 is 0 Å². The number of benzene rings is 2. The molecular formula is C18H24N2O2S. The first-order valence-electron chi connectivity index (χ1n) is 7.79. The van der Waals surface area contributed by atoms with Crippen LogP contribution >= 0.6 is 0 Å². The maximum atomic E-state index is 12.7. The summed E-state index contributed by atoms with van der Waals surface area (Å²) in [6.07, 6.45) is 0.688. The zero-order chi connectivity index (χ0) is 16.7. The monoisotopic (exact) mass is 332 g/mol. The molecule has 0 aliphatic heterocycles. The number of rotatable bonds is 8. The Morgan fingerprint density at radius 2 is 1.61 bits per heavy atom. The van der Waals surface area contributed by atoms with Gasteiger partial charge in [0.05, 0.1) is 5.75 Å². The highest BCUT2D eigenvalue weighted by atomic mass is 32.2. The van der Waals surface area contributed by atoms with Crippen LogP contribution in [0, 0.1) is 6.92 Å². The summed E-state index contributed by atoms with van der Waals surface area (Å²) >= 11 is 0. The largest absolute Gasteiger partial charge is 0.329 e. The molecule has 0 aliphatic rings. The molecule has 0 fully saturated rings. The summed E-state index contributed by atoms with van der Waals surface area (Å²) in [6.45, 7) is 3.06. The van der Waals surface area contributed by atoms with E-state index in [-0.39, 0.29) is 5.75 Å². The average molecular weight is 332 g/mol. The third-order valence-corrected chi connectivity index (χ3v) is 5.69. The first kappa shape index (κ1) is 17.7. The molecule has 0 heterocycles. The van der Waals surface area contributed by atoms with Gasteiger partial charge in [0.15, 0.2) is 0 Å². The smallest absolute Gasteiger partial charge is 0.218 e. The van der Waals surface area contributed by atoms with Gasteiger partial charge in [0.25, 0.3) is 0 Å². The predicted octanol–water partition coefficient (Wildman–Crippen LogP) is 2.33. The first-order chi connectivity index (χ1) is 11.0. The van der Waals surface area contributed by atoms with Gasteiger partial charge < -0.3 is 5.73 Å². The van der Waals surface area contributed by atoms with Gasteiger partial charge >= 0.3 is 0 Å². The van der Waals surface area contributed by atoms with E-state index in [4.69, 9.17) is 5.73 Å². The van der Waals surface area contributed by atoms with Gasteiger partial charge in [-0.25, -0.2) is 12.7 Å². The standard InChI is InChI=1S/C18H24N2O2S/c1-16-7-5-6-10-18(16)15-23(21,22)20(14-12-19)13-11-17-8-3-2-4-9-17/h2-10H,11-15,19H2,1H3. The minimum atomic E-state index is -3.38. The molecule has 5 heteroatoms. The van der Waals surface area contributed by atoms with Crippen molar-refractivity contribution in [2.24, 2.45) is 5.73 Å². The second-order valence-electron chi connectivity index (χ2n) is 5.61. The SMILES string of the molecule is Cc1ccccc1CS(=O)(=O)N(CCN)CCc1ccccc1. The van der Waals surface area contributed by atoms with Crippen LogP contribution in [-0.2, 0) is 22.2 Å². The molecule has 2 rings (SSSR count). The molecular weight excluding hydrogens is 308 g/mol. The highest BCUT2D eigenvalue weighted by molar-refractivity contribution is 7.88. The number of hydrogen-bond acceptors (Lipinski definition) is 3. The van der Waals surface area contributed by atoms with Crippen molar-refractivity contribution >= 4 is 10.0 Å². The summed E-state index contributed by atoms with van der Waals surface area (Å²) in [5.41, 5.74) is 8.57. The lowest BCUT2D eigenvalue weighted by Crippen LogP contribution is -2.37. The molecule has 0 saturated carbocycles. The van der Waals surface area contributed by atoms with Crippen molar-refractivity contribution < 1.29 is 8.42 Å². The molecule has 0 aromatic heterocycles. The summed E-state index contributed by atoms with van der Waals surface area (Å²) in [7, 11) is -3.38. The highest BCUT2D eigenvalue weighted by Crippen LogP contribution is 2.15. The van der Waals surface area contributed by atoms with Crippen LogP contribution in [-0.4, -0.2) is 32.4 Å². The summed E-state index contributed by atoms with van der Waals surface area (Å²) < 4.78 is 27.0. The fourth-order valence-electron chi connectivity index (χ4n) is 2.49. The summed E-state index contributed by atoms with van der Waals surface area (Å²) in [5, 5.41) is 0. The van der Waals surface area contributed by atoms with Gasteiger partial charge in [0.1, 0.15) is 0 Å². The van der Waals surface area contributed by atoms with Crippen LogP contribution in [0.4, 0.5) is 0 Å². The summed E-state index contributed by atoms with van der Waals surface area (Å²) in [4.78, 5) is 0. The number of aryl methyl sites for hydroxylation is 1. The number of nitrogens with zero attached hydrogens (tertiary/aromatic N) is 1. The lowest BCUT2D eigenvalue weighted by atomic mass is 10.1. The molecule has 124 valence electrons. The van der Waals surface area contributed by atoms with Crippen molar-refractivity contribution in [1.82, 2.24) is 4.31 Å². The molecule has 4 nitrogen and oxygen atoms in total. The van der Waals surface area contributed by atoms with Gasteiger partial charge in [-0.2, -0.15) is 0 Å². The van der Waals surface area contributed by atoms with Gasteiger partial charge in [-0.3, -0.25) is 0 Å². The normalized spacial score (nSPS) is 11.8. The molecule has 2 N–H and O–H groups in total. The minimum Gasteiger partial charge on any atom is -0.329 e. The first-order valence-corrected chi connectivity index (χ1v) is 9.40. The molecule has 23 heavy (non-hydrogen) atoms. The van der Waals surface area contributed by atoms with E-state index in [2.05, 4.69) is 0 Å². The van der Waals surface area contributed by atoms with E-state index < -0.39 is 10.0 Å². The van der Waals surface area contributed by atoms with E-state index in [1.807, 2.05) is 61.5 Å². The highest BCUT2D eigenvalue weighted by Gasteiger charge is 2.22. The molecule has 0 aliphatic carbocycles. The number of sulfonamides is 1. The molecule has 0 atom stereocenters. The fourth-order valence-corrected chi connectivity index (χ4v) is 4.14. The molecule has 0 radical (unpaired) electrons. The molecule has 2 aromatic rings. The lowest BCUT2D eigenvalue weighted by molar-refractivity contribution is 0.421. The predicted molar refractivity (Wildman–Crippen MR) is 94.6 cm³/mol. The van der Waals surface area contributed by atoms with Crippen molar-refractivity contribution in [3.8, 4) is 0 Å². The van der Waals surface area contributed by atoms with Crippen LogP contribution in [0.25, 0.3) is 0 Å². The van der Waals surface area contributed by atoms with Crippen molar-refractivity contribution in [2.45, 2.75) is 19.1 Å². The van der Waals surface area contributed by atoms with Gasteiger partial charge in [0, 0.05) is 19.6 Å². The Balaban J connectivity index is 2.10. The number of hydrogen-bond donors (Lipinski definition) is 1. The van der Waals surface area contributed by atoms with Crippen molar-refractivity contribution in [3.05, 3.63) is 71.3 Å². The zero-order valence-electron chi connectivity index (χ0n) is 13.5. The maximum absolute atomic E-state index is 12.7. The zero-order valence-corrected chi connectivity index (χ0v) is 14.3. The second-order valence-corrected chi connectivity index (χ2v) is 7.57. The Hall–Kier alpha value is -1.69. The van der Waals surface area contributed by atoms with Crippen LogP contribution in [0.2, 0.25) is 0 Å². The molecule has 0 amide bonds. The Labute approximate surface area is 139 Å². The fraction of sp³-hybridized carbons (Fsp3) is 0.333. The summed E-state index contributed by atoms with van der Waals surface area (Å²) in [6, 6.07) is 17.5. The Morgan fingerprint density at radius 3 is 2.26 bits per heavy atom. The molecule has 0 saturated heterocycles. The minimum absolute atomic E-state index is 0.0223. The van der Waals surface area contributed by atoms with Crippen LogP contribution in [0.15, 0.2) is 54.6 Å². The van der Waals surface area contributed by atoms with Gasteiger partial charge in [0.2, 0.25) is 10.0 Å². The van der Waals surface area contributed by atoms with Crippen molar-refractivity contribution in [3.63, 3.8) is 0 Å². The molecule has 0 unspecified atom stereocenters. The molecule has 0 bridgehead atoms. The van der Waals surface area contributed by atoms with Crippen LogP contribution < -0.4 is 5.73 Å². The van der Waals surface area contributed by atoms with Gasteiger partial charge in [-0.1, -0.05) is 54.6 Å². The van der Waals surface area contributed by atoms with Crippen molar-refractivity contribution in [1.29, 1.82) is 0 Å². The average Bonchev–Trinajstić information content (AvgIpc) is 2.54. The van der Waals surface area contributed by atoms with E-state index in [9.17, 15) is 8.42 Å². The Morgan fingerprint density at radius 1 is 0.957 bits per heavy atom. The van der Waals surface area contributed by atoms with Crippen molar-refractivity contribution in [2.75, 3.05) is 19.6 Å². The van der Waals surface area contributed by atoms with Gasteiger partial charge in [-0.05, 0) is 30.0 Å². The van der Waals surface area contributed by atoms with E-state index in [0.29, 0.717) is 26.1 Å². The third kappa shape index (κ3) is 5.16. The van der Waals surface area contributed by atoms with Crippen LogP contribution in [0.1, 0.15) is 16.7 Å². The Kier molecular flexibility index (Phi) is 6.33.